The van der Waals surface area contributed by atoms with Gasteiger partial charge in [-0.3, -0.25) is 14.1 Å². The first-order valence-electron chi connectivity index (χ1n) is 17.0. The molecule has 0 saturated carbocycles. The van der Waals surface area contributed by atoms with Gasteiger partial charge in [0.25, 0.3) is 5.91 Å². The molecule has 0 aliphatic carbocycles. The molecule has 2 amide bonds. The number of carbonyl (C=O) groups excluding carboxylic acids is 2. The van der Waals surface area contributed by atoms with Crippen LogP contribution in [-0.2, 0) is 16.0 Å². The first kappa shape index (κ1) is 33.5. The monoisotopic (exact) mass is 656 g/mol. The van der Waals surface area contributed by atoms with E-state index in [1.807, 2.05) is 44.3 Å². The van der Waals surface area contributed by atoms with E-state index in [-0.39, 0.29) is 12.6 Å². The van der Waals surface area contributed by atoms with Crippen LogP contribution in [-0.4, -0.2) is 68.1 Å². The Labute approximate surface area is 281 Å². The average molecular weight is 657 g/mol. The minimum atomic E-state index is -0.742. The molecule has 2 aliphatic heterocycles. The number of hydrogen-bond donors (Lipinski definition) is 1. The third-order valence-corrected chi connectivity index (χ3v) is 9.86. The highest BCUT2D eigenvalue weighted by molar-refractivity contribution is 6.11. The maximum atomic E-state index is 14.1. The zero-order valence-electron chi connectivity index (χ0n) is 28.5. The maximum absolute atomic E-state index is 14.1. The third-order valence-electron chi connectivity index (χ3n) is 9.86. The lowest BCUT2D eigenvalue weighted by atomic mass is 9.91. The van der Waals surface area contributed by atoms with E-state index in [0.717, 1.165) is 51.1 Å². The molecule has 0 bridgehead atoms. The van der Waals surface area contributed by atoms with Crippen molar-refractivity contribution in [2.24, 2.45) is 5.92 Å². The molecule has 6 rings (SSSR count). The Morgan fingerprint density at radius 3 is 2.56 bits per heavy atom. The van der Waals surface area contributed by atoms with Crippen molar-refractivity contribution in [3.8, 4) is 11.3 Å². The summed E-state index contributed by atoms with van der Waals surface area (Å²) in [4.78, 5) is 40.4. The van der Waals surface area contributed by atoms with E-state index in [9.17, 15) is 14.0 Å². The molecule has 11 heteroatoms. The number of fused-ring (bicyclic) bond motifs is 2. The Kier molecular flexibility index (Phi) is 9.80. The Morgan fingerprint density at radius 1 is 1.08 bits per heavy atom. The molecule has 10 nitrogen and oxygen atoms in total. The van der Waals surface area contributed by atoms with Crippen molar-refractivity contribution in [2.75, 3.05) is 31.6 Å². The molecule has 0 spiro atoms. The zero-order chi connectivity index (χ0) is 34.0. The molecule has 5 heterocycles. The molecule has 1 fully saturated rings. The number of hydrogen-bond acceptors (Lipinski definition) is 8. The Bertz CT molecular complexity index is 1780. The Balaban J connectivity index is 1.30. The highest BCUT2D eigenvalue weighted by atomic mass is 19.1. The van der Waals surface area contributed by atoms with Crippen LogP contribution in [0.3, 0.4) is 0 Å². The van der Waals surface area contributed by atoms with Crippen molar-refractivity contribution in [2.45, 2.75) is 78.5 Å². The summed E-state index contributed by atoms with van der Waals surface area (Å²) < 4.78 is 27.2. The molecule has 254 valence electrons. The van der Waals surface area contributed by atoms with Gasteiger partial charge >= 0.3 is 6.09 Å². The lowest BCUT2D eigenvalue weighted by Gasteiger charge is -2.32. The van der Waals surface area contributed by atoms with Crippen LogP contribution in [0.1, 0.15) is 87.8 Å². The number of carbonyl (C=O) groups is 2. The van der Waals surface area contributed by atoms with Crippen molar-refractivity contribution in [3.63, 3.8) is 0 Å². The predicted molar refractivity (Wildman–Crippen MR) is 183 cm³/mol. The van der Waals surface area contributed by atoms with Gasteiger partial charge in [0.05, 0.1) is 42.9 Å². The summed E-state index contributed by atoms with van der Waals surface area (Å²) in [6, 6.07) is 10.6. The van der Waals surface area contributed by atoms with Gasteiger partial charge in [0.2, 0.25) is 0 Å². The molecule has 1 atom stereocenters. The van der Waals surface area contributed by atoms with E-state index in [1.54, 1.807) is 16.8 Å². The second kappa shape index (κ2) is 14.0. The van der Waals surface area contributed by atoms with Crippen molar-refractivity contribution in [3.05, 3.63) is 77.5 Å². The zero-order valence-corrected chi connectivity index (χ0v) is 28.5. The van der Waals surface area contributed by atoms with E-state index < -0.39 is 23.4 Å². The summed E-state index contributed by atoms with van der Waals surface area (Å²) in [6.07, 6.45) is 8.21. The Morgan fingerprint density at radius 2 is 1.85 bits per heavy atom. The first-order valence-corrected chi connectivity index (χ1v) is 17.0. The van der Waals surface area contributed by atoms with Crippen molar-refractivity contribution < 1.29 is 23.5 Å². The van der Waals surface area contributed by atoms with E-state index >= 15 is 0 Å². The minimum absolute atomic E-state index is 0.0261. The number of benzene rings is 1. The standard InChI is InChI=1S/C37H45FN6O4/c1-6-25(7-2)12-14-37(4,5)48-36(46)44-23-29-28(31-22-40-33-20-27(38)13-15-43(31)33)9-10-30(34(29)35(44)45)41-32-11-8-26(21-39-32)24(3)42-16-18-47-19-17-42/h8-11,13,15,20-22,24-25H,6-7,12,14,16-19,23H2,1-5H3,(H,39,41)/t24-/m0/s1. The maximum Gasteiger partial charge on any atom is 0.417 e. The summed E-state index contributed by atoms with van der Waals surface area (Å²) in [6.45, 7) is 13.5. The van der Waals surface area contributed by atoms with Crippen molar-refractivity contribution in [1.82, 2.24) is 24.2 Å². The van der Waals surface area contributed by atoms with Gasteiger partial charge in [0.15, 0.2) is 0 Å². The molecule has 0 radical (unpaired) electrons. The summed E-state index contributed by atoms with van der Waals surface area (Å²) in [7, 11) is 0. The lowest BCUT2D eigenvalue weighted by Crippen LogP contribution is -2.38. The molecule has 1 saturated heterocycles. The van der Waals surface area contributed by atoms with Crippen LogP contribution in [0.25, 0.3) is 16.9 Å². The largest absolute Gasteiger partial charge is 0.443 e. The van der Waals surface area contributed by atoms with Gasteiger partial charge in [-0.05, 0) is 68.9 Å². The number of rotatable bonds is 11. The number of morpholine rings is 1. The normalized spacial score (nSPS) is 16.1. The van der Waals surface area contributed by atoms with Gasteiger partial charge < -0.3 is 14.8 Å². The van der Waals surface area contributed by atoms with Gasteiger partial charge in [0, 0.05) is 43.2 Å². The van der Waals surface area contributed by atoms with Crippen molar-refractivity contribution >= 4 is 29.2 Å². The van der Waals surface area contributed by atoms with Gasteiger partial charge in [-0.1, -0.05) is 38.8 Å². The van der Waals surface area contributed by atoms with Gasteiger partial charge in [-0.25, -0.2) is 24.1 Å². The molecule has 48 heavy (non-hydrogen) atoms. The lowest BCUT2D eigenvalue weighted by molar-refractivity contribution is 0.00658. The molecule has 1 N–H and O–H groups in total. The van der Waals surface area contributed by atoms with Crippen LogP contribution < -0.4 is 5.32 Å². The number of halogens is 1. The number of pyridine rings is 2. The fourth-order valence-electron chi connectivity index (χ4n) is 6.70. The Hall–Kier alpha value is -4.35. The number of imide groups is 1. The number of amides is 2. The van der Waals surface area contributed by atoms with E-state index in [1.165, 1.54) is 17.0 Å². The van der Waals surface area contributed by atoms with E-state index in [4.69, 9.17) is 9.47 Å². The number of nitrogens with one attached hydrogen (secondary N) is 1. The topological polar surface area (TPSA) is 101 Å². The number of aromatic nitrogens is 3. The average Bonchev–Trinajstić information content (AvgIpc) is 3.66. The summed E-state index contributed by atoms with van der Waals surface area (Å²) in [5.41, 5.74) is 3.73. The minimum Gasteiger partial charge on any atom is -0.443 e. The third kappa shape index (κ3) is 6.93. The van der Waals surface area contributed by atoms with E-state index in [2.05, 4.69) is 41.0 Å². The summed E-state index contributed by atoms with van der Waals surface area (Å²) in [5.74, 6) is 0.288. The van der Waals surface area contributed by atoms with Crippen LogP contribution in [0, 0.1) is 11.7 Å². The molecular weight excluding hydrogens is 611 g/mol. The first-order chi connectivity index (χ1) is 23.1. The fourth-order valence-corrected chi connectivity index (χ4v) is 6.70. The van der Waals surface area contributed by atoms with Gasteiger partial charge in [-0.2, -0.15) is 0 Å². The van der Waals surface area contributed by atoms with E-state index in [0.29, 0.717) is 51.9 Å². The van der Waals surface area contributed by atoms with Crippen LogP contribution in [0.15, 0.2) is 55.0 Å². The van der Waals surface area contributed by atoms with Gasteiger partial charge in [0.1, 0.15) is 22.9 Å². The molecule has 1 aromatic carbocycles. The number of anilines is 2. The van der Waals surface area contributed by atoms with Crippen LogP contribution in [0.4, 0.5) is 20.7 Å². The van der Waals surface area contributed by atoms with Crippen LogP contribution in [0.2, 0.25) is 0 Å². The number of imidazole rings is 1. The quantitative estimate of drug-likeness (QED) is 0.175. The summed E-state index contributed by atoms with van der Waals surface area (Å²) >= 11 is 0. The van der Waals surface area contributed by atoms with Crippen LogP contribution >= 0.6 is 0 Å². The molecule has 4 aromatic rings. The fraction of sp³-hybridized carbons (Fsp3) is 0.459. The smallest absolute Gasteiger partial charge is 0.417 e. The molecule has 3 aromatic heterocycles. The second-order valence-electron chi connectivity index (χ2n) is 13.4. The predicted octanol–water partition coefficient (Wildman–Crippen LogP) is 7.76. The SMILES string of the molecule is CCC(CC)CCC(C)(C)OC(=O)N1Cc2c(-c3cnc4cc(F)ccn34)ccc(Nc3ccc([C@H](C)N4CCOCC4)cn3)c2C1=O. The summed E-state index contributed by atoms with van der Waals surface area (Å²) in [5, 5.41) is 3.33. The number of ether oxygens (including phenoxy) is 2. The highest BCUT2D eigenvalue weighted by Gasteiger charge is 2.39. The number of nitrogens with zero attached hydrogens (tertiary/aromatic N) is 5. The molecule has 0 unspecified atom stereocenters. The highest BCUT2D eigenvalue weighted by Crippen LogP contribution is 2.39. The second-order valence-corrected chi connectivity index (χ2v) is 13.4. The van der Waals surface area contributed by atoms with Crippen LogP contribution in [0.5, 0.6) is 0 Å². The van der Waals surface area contributed by atoms with Crippen molar-refractivity contribution in [1.29, 1.82) is 0 Å². The molecular formula is C37H45FN6O4. The molecule has 2 aliphatic rings. The van der Waals surface area contributed by atoms with Gasteiger partial charge in [-0.15, -0.1) is 0 Å².